The van der Waals surface area contributed by atoms with Gasteiger partial charge in [-0.3, -0.25) is 14.4 Å². The molecule has 0 unspecified atom stereocenters. The maximum Gasteiger partial charge on any atom is 0.306 e. The van der Waals surface area contributed by atoms with E-state index in [-0.39, 0.29) is 31.1 Å². The summed E-state index contributed by atoms with van der Waals surface area (Å²) in [5.41, 5.74) is 0. The van der Waals surface area contributed by atoms with Gasteiger partial charge in [0.05, 0.1) is 0 Å². The van der Waals surface area contributed by atoms with Crippen molar-refractivity contribution < 1.29 is 28.6 Å². The molecule has 0 saturated heterocycles. The highest BCUT2D eigenvalue weighted by Crippen LogP contribution is 2.14. The molecule has 0 rings (SSSR count). The van der Waals surface area contributed by atoms with Crippen LogP contribution >= 0.6 is 0 Å². The van der Waals surface area contributed by atoms with Gasteiger partial charge in [-0.25, -0.2) is 0 Å². The zero-order valence-corrected chi connectivity index (χ0v) is 39.9. The standard InChI is InChI=1S/C55H94O6/c1-4-7-10-13-16-19-22-25-27-30-33-36-39-42-45-48-54(57)60-51-52(50-59-53(56)47-44-41-38-35-32-29-24-21-18-15-12-9-6-3)61-55(58)49-46-43-40-37-34-31-28-26-23-20-17-14-11-8-5-2/h8,11,16-17,19-20,25-28,33,36,52H,4-7,9-10,12-15,18,21-24,29-32,34-35,37-51H2,1-3H3/b11-8-,19-16-,20-17-,27-25-,28-26-,36-33-/t52-/m0/s1. The lowest BCUT2D eigenvalue weighted by Crippen LogP contribution is -2.30. The van der Waals surface area contributed by atoms with Gasteiger partial charge < -0.3 is 14.2 Å². The monoisotopic (exact) mass is 851 g/mol. The van der Waals surface area contributed by atoms with E-state index in [0.717, 1.165) is 109 Å². The highest BCUT2D eigenvalue weighted by Gasteiger charge is 2.19. The van der Waals surface area contributed by atoms with Gasteiger partial charge in [-0.15, -0.1) is 0 Å². The van der Waals surface area contributed by atoms with Crippen molar-refractivity contribution in [3.63, 3.8) is 0 Å². The third-order valence-corrected chi connectivity index (χ3v) is 10.7. The summed E-state index contributed by atoms with van der Waals surface area (Å²) in [6, 6.07) is 0. The first-order valence-electron chi connectivity index (χ1n) is 25.4. The van der Waals surface area contributed by atoms with Crippen LogP contribution in [0.25, 0.3) is 0 Å². The van der Waals surface area contributed by atoms with Gasteiger partial charge in [-0.05, 0) is 89.9 Å². The Hall–Kier alpha value is -3.15. The predicted octanol–water partition coefficient (Wildman–Crippen LogP) is 16.6. The van der Waals surface area contributed by atoms with Gasteiger partial charge in [-0.1, -0.05) is 203 Å². The van der Waals surface area contributed by atoms with Crippen LogP contribution in [0.5, 0.6) is 0 Å². The van der Waals surface area contributed by atoms with Crippen molar-refractivity contribution in [2.45, 2.75) is 245 Å². The number of unbranched alkanes of at least 4 members (excludes halogenated alkanes) is 22. The third-order valence-electron chi connectivity index (χ3n) is 10.7. The molecule has 0 saturated carbocycles. The van der Waals surface area contributed by atoms with E-state index in [9.17, 15) is 14.4 Å². The molecule has 0 N–H and O–H groups in total. The van der Waals surface area contributed by atoms with E-state index in [1.54, 1.807) is 0 Å². The summed E-state index contributed by atoms with van der Waals surface area (Å²) >= 11 is 0. The minimum absolute atomic E-state index is 0.0933. The smallest absolute Gasteiger partial charge is 0.306 e. The molecule has 1 atom stereocenters. The van der Waals surface area contributed by atoms with Crippen molar-refractivity contribution in [3.05, 3.63) is 72.9 Å². The summed E-state index contributed by atoms with van der Waals surface area (Å²) in [7, 11) is 0. The molecule has 0 radical (unpaired) electrons. The zero-order chi connectivity index (χ0) is 44.4. The van der Waals surface area contributed by atoms with E-state index in [0.29, 0.717) is 19.3 Å². The molecule has 0 aromatic heterocycles. The van der Waals surface area contributed by atoms with Crippen LogP contribution in [0.3, 0.4) is 0 Å². The van der Waals surface area contributed by atoms with Gasteiger partial charge in [0.2, 0.25) is 0 Å². The predicted molar refractivity (Wildman–Crippen MR) is 261 cm³/mol. The second-order valence-corrected chi connectivity index (χ2v) is 16.7. The maximum absolute atomic E-state index is 12.8. The minimum atomic E-state index is -0.797. The Balaban J connectivity index is 4.47. The van der Waals surface area contributed by atoms with Gasteiger partial charge in [0.1, 0.15) is 13.2 Å². The van der Waals surface area contributed by atoms with E-state index in [2.05, 4.69) is 93.7 Å². The van der Waals surface area contributed by atoms with E-state index >= 15 is 0 Å². The number of hydrogen-bond donors (Lipinski definition) is 0. The summed E-state index contributed by atoms with van der Waals surface area (Å²) < 4.78 is 16.7. The Morgan fingerprint density at radius 2 is 0.639 bits per heavy atom. The molecule has 6 nitrogen and oxygen atoms in total. The number of esters is 3. The highest BCUT2D eigenvalue weighted by atomic mass is 16.6. The first-order valence-corrected chi connectivity index (χ1v) is 25.4. The summed E-state index contributed by atoms with van der Waals surface area (Å²) in [6.45, 7) is 6.45. The van der Waals surface area contributed by atoms with E-state index in [1.165, 1.54) is 89.9 Å². The fraction of sp³-hybridized carbons (Fsp3) is 0.727. The van der Waals surface area contributed by atoms with Crippen LogP contribution in [0.4, 0.5) is 0 Å². The van der Waals surface area contributed by atoms with Gasteiger partial charge in [-0.2, -0.15) is 0 Å². The summed E-state index contributed by atoms with van der Waals surface area (Å²) in [5, 5.41) is 0. The Morgan fingerprint density at radius 1 is 0.344 bits per heavy atom. The summed E-state index contributed by atoms with van der Waals surface area (Å²) in [6.07, 6.45) is 61.7. The maximum atomic E-state index is 12.8. The lowest BCUT2D eigenvalue weighted by molar-refractivity contribution is -0.167. The van der Waals surface area contributed by atoms with Crippen LogP contribution in [0, 0.1) is 0 Å². The normalized spacial score (nSPS) is 12.6. The van der Waals surface area contributed by atoms with Crippen LogP contribution in [-0.2, 0) is 28.6 Å². The van der Waals surface area contributed by atoms with Gasteiger partial charge in [0.15, 0.2) is 6.10 Å². The number of carbonyl (C=O) groups excluding carboxylic acids is 3. The Labute approximate surface area is 376 Å². The topological polar surface area (TPSA) is 78.9 Å². The SMILES string of the molecule is CC/C=C\C/C=C\C/C=C\CCCCCCCC(=O)O[C@H](COC(=O)CCCC/C=C\C/C=C\C/C=C\CCCCC)COC(=O)CCCCCCCCCCCCCCC. The molecule has 6 heteroatoms. The largest absolute Gasteiger partial charge is 0.462 e. The molecule has 0 aliphatic heterocycles. The zero-order valence-electron chi connectivity index (χ0n) is 39.9. The van der Waals surface area contributed by atoms with Crippen LogP contribution in [0.2, 0.25) is 0 Å². The second-order valence-electron chi connectivity index (χ2n) is 16.7. The molecule has 0 bridgehead atoms. The fourth-order valence-corrected chi connectivity index (χ4v) is 6.87. The molecular formula is C55H94O6. The molecule has 0 aromatic carbocycles. The Bertz CT molecular complexity index is 1160. The molecule has 0 aliphatic rings. The number of rotatable bonds is 45. The number of ether oxygens (including phenoxy) is 3. The molecule has 0 aromatic rings. The molecule has 0 heterocycles. The summed E-state index contributed by atoms with van der Waals surface area (Å²) in [4.78, 5) is 37.9. The van der Waals surface area contributed by atoms with Crippen LogP contribution in [0.15, 0.2) is 72.9 Å². The third kappa shape index (κ3) is 47.7. The molecule has 0 aliphatic carbocycles. The molecular weight excluding hydrogens is 757 g/mol. The van der Waals surface area contributed by atoms with Crippen molar-refractivity contribution in [1.82, 2.24) is 0 Å². The molecule has 350 valence electrons. The average Bonchev–Trinajstić information content (AvgIpc) is 3.26. The lowest BCUT2D eigenvalue weighted by atomic mass is 10.0. The van der Waals surface area contributed by atoms with E-state index in [1.807, 2.05) is 0 Å². The van der Waals surface area contributed by atoms with Crippen molar-refractivity contribution >= 4 is 17.9 Å². The molecule has 0 amide bonds. The van der Waals surface area contributed by atoms with Crippen molar-refractivity contribution in [1.29, 1.82) is 0 Å². The van der Waals surface area contributed by atoms with Crippen molar-refractivity contribution in [3.8, 4) is 0 Å². The Kier molecular flexibility index (Phi) is 46.9. The average molecular weight is 851 g/mol. The van der Waals surface area contributed by atoms with Crippen LogP contribution in [0.1, 0.15) is 239 Å². The first-order chi connectivity index (χ1) is 30.0. The first kappa shape index (κ1) is 57.9. The van der Waals surface area contributed by atoms with Gasteiger partial charge in [0, 0.05) is 19.3 Å². The Morgan fingerprint density at radius 3 is 1.07 bits per heavy atom. The van der Waals surface area contributed by atoms with Gasteiger partial charge in [0.25, 0.3) is 0 Å². The number of carbonyl (C=O) groups is 3. The molecule has 0 fully saturated rings. The van der Waals surface area contributed by atoms with Crippen molar-refractivity contribution in [2.75, 3.05) is 13.2 Å². The van der Waals surface area contributed by atoms with Gasteiger partial charge >= 0.3 is 17.9 Å². The number of hydrogen-bond acceptors (Lipinski definition) is 6. The molecule has 61 heavy (non-hydrogen) atoms. The minimum Gasteiger partial charge on any atom is -0.462 e. The van der Waals surface area contributed by atoms with Crippen LogP contribution < -0.4 is 0 Å². The number of allylic oxidation sites excluding steroid dienone is 12. The summed E-state index contributed by atoms with van der Waals surface area (Å²) in [5.74, 6) is -0.949. The van der Waals surface area contributed by atoms with E-state index in [4.69, 9.17) is 14.2 Å². The van der Waals surface area contributed by atoms with Crippen molar-refractivity contribution in [2.24, 2.45) is 0 Å². The lowest BCUT2D eigenvalue weighted by Gasteiger charge is -2.18. The second kappa shape index (κ2) is 49.5. The quantitative estimate of drug-likeness (QED) is 0.0263. The molecule has 0 spiro atoms. The van der Waals surface area contributed by atoms with Crippen LogP contribution in [-0.4, -0.2) is 37.2 Å². The fourth-order valence-electron chi connectivity index (χ4n) is 6.87. The highest BCUT2D eigenvalue weighted by molar-refractivity contribution is 5.71. The van der Waals surface area contributed by atoms with E-state index < -0.39 is 6.10 Å².